The highest BCUT2D eigenvalue weighted by Crippen LogP contribution is 2.46. The minimum atomic E-state index is -3.69. The molecule has 0 radical (unpaired) electrons. The lowest BCUT2D eigenvalue weighted by Gasteiger charge is -2.48. The van der Waals surface area contributed by atoms with Gasteiger partial charge in [-0.3, -0.25) is 19.7 Å². The monoisotopic (exact) mass is 357 g/mol. The summed E-state index contributed by atoms with van der Waals surface area (Å²) in [5.41, 5.74) is -0.321. The van der Waals surface area contributed by atoms with Crippen LogP contribution in [0.5, 0.6) is 0 Å². The fraction of sp³-hybridized carbons (Fsp3) is 0.308. The molecular formula is C13H12FN3O8. The van der Waals surface area contributed by atoms with E-state index in [0.717, 1.165) is 0 Å². The van der Waals surface area contributed by atoms with Gasteiger partial charge in [-0.1, -0.05) is 0 Å². The number of hydrogen-bond acceptors (Lipinski definition) is 9. The second kappa shape index (κ2) is 4.71. The Labute approximate surface area is 137 Å². The van der Waals surface area contributed by atoms with Crippen molar-refractivity contribution >= 4 is 23.4 Å². The maximum atomic E-state index is 13.5. The number of aliphatic hydroxyl groups is 5. The molecule has 0 bridgehead atoms. The quantitative estimate of drug-likeness (QED) is 0.151. The average molecular weight is 357 g/mol. The van der Waals surface area contributed by atoms with Gasteiger partial charge in [0.2, 0.25) is 11.7 Å². The van der Waals surface area contributed by atoms with E-state index in [9.17, 15) is 44.3 Å². The van der Waals surface area contributed by atoms with Crippen molar-refractivity contribution in [2.75, 3.05) is 5.73 Å². The number of piperidine rings is 1. The van der Waals surface area contributed by atoms with Crippen LogP contribution in [0.25, 0.3) is 0 Å². The van der Waals surface area contributed by atoms with Crippen LogP contribution in [0.2, 0.25) is 0 Å². The Morgan fingerprint density at radius 3 is 2.28 bits per heavy atom. The lowest BCUT2D eigenvalue weighted by atomic mass is 9.91. The van der Waals surface area contributed by atoms with Crippen LogP contribution in [0.4, 0.5) is 10.1 Å². The van der Waals surface area contributed by atoms with Crippen LogP contribution in [0.1, 0.15) is 22.3 Å². The zero-order chi connectivity index (χ0) is 18.9. The molecule has 2 aliphatic heterocycles. The van der Waals surface area contributed by atoms with Crippen molar-refractivity contribution in [2.45, 2.75) is 23.8 Å². The minimum Gasteiger partial charge on any atom is -0.398 e. The highest BCUT2D eigenvalue weighted by Gasteiger charge is 2.71. The average Bonchev–Trinajstić information content (AvgIpc) is 2.62. The highest BCUT2D eigenvalue weighted by molar-refractivity contribution is 6.08. The van der Waals surface area contributed by atoms with Gasteiger partial charge in [-0.25, -0.2) is 9.29 Å². The number of anilines is 1. The molecule has 3 amide bonds. The number of halogens is 1. The first kappa shape index (κ1) is 17.2. The molecule has 2 aliphatic rings. The maximum absolute atomic E-state index is 13.5. The standard InChI is InChI=1S/C13H12FN3O8/c14-4-1-5-8(6(15)2-4)13(24,25)17(9(5)19)12(23)10(20)16-7(18)3-11(12,21)22/h1-2,21-25H,3,15H2,(H,16,18,20). The maximum Gasteiger partial charge on any atom is 0.286 e. The smallest absolute Gasteiger partial charge is 0.286 e. The summed E-state index contributed by atoms with van der Waals surface area (Å²) in [4.78, 5) is 35.4. The van der Waals surface area contributed by atoms with Gasteiger partial charge in [-0.05, 0) is 12.1 Å². The number of nitrogens with two attached hydrogens (primary N) is 1. The Bertz CT molecular complexity index is 839. The van der Waals surface area contributed by atoms with Gasteiger partial charge >= 0.3 is 0 Å². The number of carbonyl (C=O) groups excluding carboxylic acids is 3. The first-order valence-corrected chi connectivity index (χ1v) is 6.74. The van der Waals surface area contributed by atoms with E-state index >= 15 is 0 Å². The van der Waals surface area contributed by atoms with Gasteiger partial charge in [-0.2, -0.15) is 0 Å². The lowest BCUT2D eigenvalue weighted by molar-refractivity contribution is -0.370. The Kier molecular flexibility index (Phi) is 3.24. The van der Waals surface area contributed by atoms with Crippen LogP contribution in [0, 0.1) is 5.82 Å². The molecule has 134 valence electrons. The van der Waals surface area contributed by atoms with E-state index in [1.807, 2.05) is 0 Å². The molecule has 25 heavy (non-hydrogen) atoms. The molecule has 3 rings (SSSR count). The topological polar surface area (TPSA) is 194 Å². The Morgan fingerprint density at radius 1 is 1.12 bits per heavy atom. The summed E-state index contributed by atoms with van der Waals surface area (Å²) < 4.78 is 13.5. The van der Waals surface area contributed by atoms with E-state index in [1.54, 1.807) is 5.32 Å². The third-order valence-corrected chi connectivity index (χ3v) is 4.07. The Balaban J connectivity index is 2.25. The SMILES string of the molecule is Nc1cc(F)cc2c1C(O)(O)N(C1(O)C(=O)NC(=O)CC1(O)O)C2=O. The molecule has 0 aromatic heterocycles. The second-order valence-electron chi connectivity index (χ2n) is 5.74. The number of nitrogens with zero attached hydrogens (tertiary/aromatic N) is 1. The molecule has 1 aromatic rings. The molecule has 1 aromatic carbocycles. The lowest BCUT2D eigenvalue weighted by Crippen LogP contribution is -2.78. The van der Waals surface area contributed by atoms with Crippen molar-refractivity contribution in [3.05, 3.63) is 29.1 Å². The van der Waals surface area contributed by atoms with Crippen molar-refractivity contribution in [1.29, 1.82) is 0 Å². The van der Waals surface area contributed by atoms with E-state index in [-0.39, 0.29) is 4.90 Å². The number of imide groups is 1. The predicted octanol–water partition coefficient (Wildman–Crippen LogP) is -3.63. The number of amides is 3. The molecular weight excluding hydrogens is 345 g/mol. The zero-order valence-electron chi connectivity index (χ0n) is 12.2. The van der Waals surface area contributed by atoms with Gasteiger partial charge in [0.25, 0.3) is 23.5 Å². The van der Waals surface area contributed by atoms with Gasteiger partial charge in [0.1, 0.15) is 5.82 Å². The molecule has 12 heteroatoms. The number of nitrogens with one attached hydrogen (secondary N) is 1. The molecule has 2 heterocycles. The molecule has 1 saturated heterocycles. The van der Waals surface area contributed by atoms with Gasteiger partial charge in [0.15, 0.2) is 0 Å². The van der Waals surface area contributed by atoms with Crippen LogP contribution in [0.15, 0.2) is 12.1 Å². The molecule has 11 nitrogen and oxygen atoms in total. The summed E-state index contributed by atoms with van der Waals surface area (Å²) in [6, 6.07) is 1.21. The summed E-state index contributed by atoms with van der Waals surface area (Å²) in [6.45, 7) is 0. The van der Waals surface area contributed by atoms with Gasteiger partial charge < -0.3 is 31.3 Å². The largest absolute Gasteiger partial charge is 0.398 e. The molecule has 1 atom stereocenters. The summed E-state index contributed by atoms with van der Waals surface area (Å²) in [6.07, 6.45) is -1.27. The third-order valence-electron chi connectivity index (χ3n) is 4.07. The molecule has 8 N–H and O–H groups in total. The van der Waals surface area contributed by atoms with Gasteiger partial charge in [0.05, 0.1) is 17.5 Å². The zero-order valence-corrected chi connectivity index (χ0v) is 12.2. The van der Waals surface area contributed by atoms with Crippen molar-refractivity contribution in [3.63, 3.8) is 0 Å². The van der Waals surface area contributed by atoms with E-state index in [1.165, 1.54) is 0 Å². The molecule has 0 spiro atoms. The normalized spacial score (nSPS) is 27.3. The summed E-state index contributed by atoms with van der Waals surface area (Å²) in [7, 11) is 0. The van der Waals surface area contributed by atoms with Crippen LogP contribution in [-0.4, -0.2) is 59.7 Å². The predicted molar refractivity (Wildman–Crippen MR) is 73.0 cm³/mol. The first-order valence-electron chi connectivity index (χ1n) is 6.74. The van der Waals surface area contributed by atoms with Gasteiger partial charge in [0, 0.05) is 5.69 Å². The van der Waals surface area contributed by atoms with Crippen molar-refractivity contribution in [1.82, 2.24) is 10.2 Å². The Morgan fingerprint density at radius 2 is 1.72 bits per heavy atom. The number of hydrogen-bond donors (Lipinski definition) is 7. The number of nitrogen functional groups attached to an aromatic ring is 1. The summed E-state index contributed by atoms with van der Waals surface area (Å²) >= 11 is 0. The summed E-state index contributed by atoms with van der Waals surface area (Å²) in [5.74, 6) is -12.7. The van der Waals surface area contributed by atoms with E-state index in [4.69, 9.17) is 5.73 Å². The van der Waals surface area contributed by atoms with E-state index < -0.39 is 64.2 Å². The van der Waals surface area contributed by atoms with Crippen LogP contribution in [-0.2, 0) is 15.5 Å². The second-order valence-corrected chi connectivity index (χ2v) is 5.74. The minimum absolute atomic E-state index is 0.387. The summed E-state index contributed by atoms with van der Waals surface area (Å²) in [5, 5.41) is 52.5. The molecule has 1 unspecified atom stereocenters. The Hall–Kier alpha value is -2.64. The van der Waals surface area contributed by atoms with Gasteiger partial charge in [-0.15, -0.1) is 0 Å². The number of benzene rings is 1. The molecule has 0 aliphatic carbocycles. The number of rotatable bonds is 1. The van der Waals surface area contributed by atoms with E-state index in [2.05, 4.69) is 0 Å². The van der Waals surface area contributed by atoms with Crippen molar-refractivity contribution < 1.29 is 44.3 Å². The fourth-order valence-electron chi connectivity index (χ4n) is 2.98. The van der Waals surface area contributed by atoms with Crippen molar-refractivity contribution in [3.8, 4) is 0 Å². The highest BCUT2D eigenvalue weighted by atomic mass is 19.1. The number of fused-ring (bicyclic) bond motifs is 1. The first-order chi connectivity index (χ1) is 11.3. The van der Waals surface area contributed by atoms with Crippen LogP contribution in [0.3, 0.4) is 0 Å². The van der Waals surface area contributed by atoms with E-state index in [0.29, 0.717) is 12.1 Å². The third kappa shape index (κ3) is 1.99. The van der Waals surface area contributed by atoms with Crippen LogP contribution < -0.4 is 11.1 Å². The van der Waals surface area contributed by atoms with Crippen LogP contribution >= 0.6 is 0 Å². The number of carbonyl (C=O) groups is 3. The fourth-order valence-corrected chi connectivity index (χ4v) is 2.98. The molecule has 1 fully saturated rings. The molecule has 0 saturated carbocycles. The van der Waals surface area contributed by atoms with Crippen molar-refractivity contribution in [2.24, 2.45) is 0 Å².